The lowest BCUT2D eigenvalue weighted by Crippen LogP contribution is -2.45. The van der Waals surface area contributed by atoms with Crippen molar-refractivity contribution in [1.82, 2.24) is 29.5 Å². The van der Waals surface area contributed by atoms with Crippen molar-refractivity contribution in [3.63, 3.8) is 0 Å². The summed E-state index contributed by atoms with van der Waals surface area (Å²) in [5.74, 6) is 0.669. The number of aliphatic hydroxyl groups excluding tert-OH is 1. The van der Waals surface area contributed by atoms with E-state index in [4.69, 9.17) is 5.10 Å². The average molecular weight is 632 g/mol. The van der Waals surface area contributed by atoms with Gasteiger partial charge in [-0.15, -0.1) is 0 Å². The zero-order chi connectivity index (χ0) is 29.1. The van der Waals surface area contributed by atoms with E-state index >= 15 is 0 Å². The van der Waals surface area contributed by atoms with E-state index in [1.165, 1.54) is 12.5 Å². The Bertz CT molecular complexity index is 1760. The minimum Gasteiger partial charge on any atom is -0.506 e. The lowest BCUT2D eigenvalue weighted by atomic mass is 9.80. The largest absolute Gasteiger partial charge is 0.506 e. The third kappa shape index (κ3) is 4.25. The van der Waals surface area contributed by atoms with Crippen molar-refractivity contribution in [3.05, 3.63) is 81.4 Å². The Balaban J connectivity index is 1.31. The Hall–Kier alpha value is -3.96. The highest BCUT2D eigenvalue weighted by Gasteiger charge is 2.41. The molecule has 7 rings (SSSR count). The standard InChI is InChI=1S/C31H31BrN6O4/c1-2-27(41)36-12-10-21-28-23(38(35-21)22-9-6-18(14-25(22)40)17-4-3-5-17)11-13-37(24(28)15-36)31(42)19-7-8-20(32)30-29(19)33-26(16-39)34-30/h2,6-9,14,17,24,39-40H,1,3-5,10-13,15-16H2,(H,33,34). The first kappa shape index (κ1) is 26.9. The molecule has 4 heterocycles. The van der Waals surface area contributed by atoms with Gasteiger partial charge in [-0.1, -0.05) is 19.1 Å². The molecule has 1 unspecified atom stereocenters. The summed E-state index contributed by atoms with van der Waals surface area (Å²) in [5, 5.41) is 25.7. The van der Waals surface area contributed by atoms with Gasteiger partial charge in [-0.25, -0.2) is 9.67 Å². The maximum atomic E-state index is 14.3. The number of phenols is 1. The van der Waals surface area contributed by atoms with Crippen LogP contribution in [0.25, 0.3) is 16.7 Å². The average Bonchev–Trinajstić information content (AvgIpc) is 3.51. The molecule has 216 valence electrons. The molecule has 3 N–H and O–H groups in total. The van der Waals surface area contributed by atoms with Crippen LogP contribution in [0.15, 0.2) is 47.5 Å². The number of phenolic OH excluding ortho intramolecular Hbond substituents is 1. The van der Waals surface area contributed by atoms with Crippen molar-refractivity contribution in [3.8, 4) is 11.4 Å². The highest BCUT2D eigenvalue weighted by Crippen LogP contribution is 2.41. The Morgan fingerprint density at radius 2 is 2.00 bits per heavy atom. The van der Waals surface area contributed by atoms with Crippen molar-refractivity contribution in [2.24, 2.45) is 0 Å². The Kier molecular flexibility index (Phi) is 6.66. The number of imidazole rings is 1. The van der Waals surface area contributed by atoms with Crippen LogP contribution in [0.1, 0.15) is 69.9 Å². The van der Waals surface area contributed by atoms with Gasteiger partial charge in [0.2, 0.25) is 5.91 Å². The van der Waals surface area contributed by atoms with E-state index in [2.05, 4.69) is 38.5 Å². The van der Waals surface area contributed by atoms with Crippen LogP contribution in [0, 0.1) is 0 Å². The second kappa shape index (κ2) is 10.4. The van der Waals surface area contributed by atoms with E-state index in [9.17, 15) is 19.8 Å². The molecule has 11 heteroatoms. The molecule has 4 aromatic rings. The molecule has 2 amide bonds. The topological polar surface area (TPSA) is 128 Å². The molecule has 1 fully saturated rings. The number of aromatic hydroxyl groups is 1. The molecule has 0 bridgehead atoms. The number of rotatable bonds is 5. The van der Waals surface area contributed by atoms with E-state index in [1.807, 2.05) is 21.7 Å². The van der Waals surface area contributed by atoms with Gasteiger partial charge in [0.1, 0.15) is 29.4 Å². The van der Waals surface area contributed by atoms with Crippen LogP contribution in [0.4, 0.5) is 0 Å². The summed E-state index contributed by atoms with van der Waals surface area (Å²) in [4.78, 5) is 38.2. The SMILES string of the molecule is C=CC(=O)N1CCc2nn(-c3ccc(C4CCC4)cc3O)c3c2C(C1)N(C(=O)c1ccc(Br)c2[nH]c(CO)nc12)CC3. The van der Waals surface area contributed by atoms with Crippen molar-refractivity contribution in [2.45, 2.75) is 50.7 Å². The molecule has 1 saturated carbocycles. The van der Waals surface area contributed by atoms with Crippen LogP contribution in [0.2, 0.25) is 0 Å². The summed E-state index contributed by atoms with van der Waals surface area (Å²) in [7, 11) is 0. The fourth-order valence-corrected chi connectivity index (χ4v) is 7.01. The molecule has 42 heavy (non-hydrogen) atoms. The predicted octanol–water partition coefficient (Wildman–Crippen LogP) is 4.29. The van der Waals surface area contributed by atoms with Gasteiger partial charge in [0.25, 0.3) is 5.91 Å². The summed E-state index contributed by atoms with van der Waals surface area (Å²) in [6, 6.07) is 8.99. The number of hydrogen-bond acceptors (Lipinski definition) is 6. The first-order valence-corrected chi connectivity index (χ1v) is 15.1. The normalized spacial score (nSPS) is 18.5. The van der Waals surface area contributed by atoms with Crippen molar-refractivity contribution in [2.75, 3.05) is 19.6 Å². The Morgan fingerprint density at radius 1 is 1.17 bits per heavy atom. The number of aromatic amines is 1. The minimum atomic E-state index is -0.442. The van der Waals surface area contributed by atoms with Gasteiger partial charge in [0, 0.05) is 42.5 Å². The number of aromatic nitrogens is 4. The maximum absolute atomic E-state index is 14.3. The molecule has 2 aromatic heterocycles. The smallest absolute Gasteiger partial charge is 0.256 e. The van der Waals surface area contributed by atoms with Gasteiger partial charge >= 0.3 is 0 Å². The number of carbonyl (C=O) groups is 2. The molecule has 0 radical (unpaired) electrons. The Morgan fingerprint density at radius 3 is 2.71 bits per heavy atom. The molecule has 0 spiro atoms. The van der Waals surface area contributed by atoms with Crippen LogP contribution in [0.5, 0.6) is 5.75 Å². The number of nitrogens with zero attached hydrogens (tertiary/aromatic N) is 5. The van der Waals surface area contributed by atoms with Crippen LogP contribution in [-0.4, -0.2) is 71.2 Å². The van der Waals surface area contributed by atoms with E-state index in [0.717, 1.165) is 39.8 Å². The molecule has 1 atom stereocenters. The van der Waals surface area contributed by atoms with Crippen molar-refractivity contribution < 1.29 is 19.8 Å². The van der Waals surface area contributed by atoms with Gasteiger partial charge in [0.05, 0.1) is 28.5 Å². The Labute approximate surface area is 250 Å². The van der Waals surface area contributed by atoms with Crippen LogP contribution >= 0.6 is 15.9 Å². The molecule has 1 aliphatic carbocycles. The number of amides is 2. The summed E-state index contributed by atoms with van der Waals surface area (Å²) >= 11 is 3.51. The number of benzene rings is 2. The number of hydrogen-bond donors (Lipinski definition) is 3. The molecule has 3 aliphatic rings. The van der Waals surface area contributed by atoms with Crippen molar-refractivity contribution >= 4 is 38.8 Å². The lowest BCUT2D eigenvalue weighted by Gasteiger charge is -2.38. The summed E-state index contributed by atoms with van der Waals surface area (Å²) in [6.07, 6.45) is 5.88. The highest BCUT2D eigenvalue weighted by molar-refractivity contribution is 9.10. The van der Waals surface area contributed by atoms with E-state index in [-0.39, 0.29) is 24.2 Å². The van der Waals surface area contributed by atoms with Crippen molar-refractivity contribution in [1.29, 1.82) is 0 Å². The van der Waals surface area contributed by atoms with E-state index in [0.29, 0.717) is 66.5 Å². The monoisotopic (exact) mass is 630 g/mol. The molecular formula is C31H31BrN6O4. The molecule has 0 saturated heterocycles. The first-order valence-electron chi connectivity index (χ1n) is 14.3. The molecular weight excluding hydrogens is 600 g/mol. The first-order chi connectivity index (χ1) is 20.4. The van der Waals surface area contributed by atoms with E-state index in [1.54, 1.807) is 17.0 Å². The van der Waals surface area contributed by atoms with Gasteiger partial charge in [-0.2, -0.15) is 5.10 Å². The number of fused-ring (bicyclic) bond motifs is 1. The number of carbonyl (C=O) groups excluding carboxylic acids is 2. The second-order valence-electron chi connectivity index (χ2n) is 11.3. The highest BCUT2D eigenvalue weighted by atomic mass is 79.9. The zero-order valence-corrected chi connectivity index (χ0v) is 24.6. The second-order valence-corrected chi connectivity index (χ2v) is 12.1. The molecule has 10 nitrogen and oxygen atoms in total. The quantitative estimate of drug-likeness (QED) is 0.282. The zero-order valence-electron chi connectivity index (χ0n) is 23.0. The van der Waals surface area contributed by atoms with Crippen LogP contribution in [0.3, 0.4) is 0 Å². The maximum Gasteiger partial charge on any atom is 0.256 e. The third-order valence-corrected chi connectivity index (χ3v) is 9.64. The summed E-state index contributed by atoms with van der Waals surface area (Å²) < 4.78 is 2.58. The van der Waals surface area contributed by atoms with Gasteiger partial charge < -0.3 is 25.0 Å². The number of H-pyrrole nitrogens is 1. The number of aliphatic hydroxyl groups is 1. The fourth-order valence-electron chi connectivity index (χ4n) is 6.59. The summed E-state index contributed by atoms with van der Waals surface area (Å²) in [6.45, 7) is 4.54. The van der Waals surface area contributed by atoms with Gasteiger partial charge in [-0.05, 0) is 70.6 Å². The molecule has 2 aliphatic heterocycles. The minimum absolute atomic E-state index is 0.192. The lowest BCUT2D eigenvalue weighted by molar-refractivity contribution is -0.126. The summed E-state index contributed by atoms with van der Waals surface area (Å²) in [5.41, 5.74) is 6.01. The van der Waals surface area contributed by atoms with Crippen LogP contribution in [-0.2, 0) is 24.2 Å². The van der Waals surface area contributed by atoms with Gasteiger partial charge in [0.15, 0.2) is 0 Å². The number of nitrogens with one attached hydrogen (secondary N) is 1. The number of halogens is 1. The van der Waals surface area contributed by atoms with Crippen LogP contribution < -0.4 is 0 Å². The third-order valence-electron chi connectivity index (χ3n) is 8.98. The predicted molar refractivity (Wildman–Crippen MR) is 159 cm³/mol. The molecule has 2 aromatic carbocycles. The fraction of sp³-hybridized carbons (Fsp3) is 0.355. The van der Waals surface area contributed by atoms with Gasteiger partial charge in [-0.3, -0.25) is 9.59 Å². The van der Waals surface area contributed by atoms with E-state index < -0.39 is 6.04 Å².